The van der Waals surface area contributed by atoms with Crippen molar-refractivity contribution in [3.8, 4) is 0 Å². The minimum atomic E-state index is -0.263. The Morgan fingerprint density at radius 2 is 2.20 bits per heavy atom. The minimum Gasteiger partial charge on any atom is -0.463 e. The summed E-state index contributed by atoms with van der Waals surface area (Å²) in [5, 5.41) is 0. The lowest BCUT2D eigenvalue weighted by molar-refractivity contribution is -0.139. The molecular weight excluding hydrogens is 250 g/mol. The first-order valence-corrected chi connectivity index (χ1v) is 7.35. The number of hydrogen-bond acceptors (Lipinski definition) is 3. The van der Waals surface area contributed by atoms with Crippen LogP contribution in [0.1, 0.15) is 49.6 Å². The van der Waals surface area contributed by atoms with Crippen LogP contribution in [0.4, 0.5) is 0 Å². The Balaban J connectivity index is 2.24. The molecule has 1 aromatic rings. The summed E-state index contributed by atoms with van der Waals surface area (Å²) in [5.74, 6) is 0.367. The van der Waals surface area contributed by atoms with Gasteiger partial charge >= 0.3 is 5.97 Å². The molecule has 0 N–H and O–H groups in total. The second-order valence-corrected chi connectivity index (χ2v) is 5.61. The zero-order chi connectivity index (χ0) is 14.7. The first-order chi connectivity index (χ1) is 9.52. The summed E-state index contributed by atoms with van der Waals surface area (Å²) in [4.78, 5) is 16.5. The van der Waals surface area contributed by atoms with Crippen LogP contribution in [0.5, 0.6) is 0 Å². The Kier molecular flexibility index (Phi) is 4.58. The zero-order valence-electron chi connectivity index (χ0n) is 12.6. The summed E-state index contributed by atoms with van der Waals surface area (Å²) in [6, 6.07) is 4.24. The van der Waals surface area contributed by atoms with Gasteiger partial charge in [0.2, 0.25) is 0 Å². The number of ether oxygens (including phenoxy) is 1. The molecule has 0 spiro atoms. The van der Waals surface area contributed by atoms with Gasteiger partial charge < -0.3 is 4.74 Å². The highest BCUT2D eigenvalue weighted by atomic mass is 16.5. The maximum Gasteiger partial charge on any atom is 0.333 e. The molecule has 20 heavy (non-hydrogen) atoms. The number of carbonyl (C=O) groups excluding carboxylic acids is 1. The van der Waals surface area contributed by atoms with Crippen molar-refractivity contribution in [3.05, 3.63) is 41.2 Å². The van der Waals surface area contributed by atoms with E-state index in [0.29, 0.717) is 18.1 Å². The highest BCUT2D eigenvalue weighted by Crippen LogP contribution is 2.34. The van der Waals surface area contributed by atoms with Gasteiger partial charge in [-0.15, -0.1) is 0 Å². The number of fused-ring (bicyclic) bond motifs is 1. The van der Waals surface area contributed by atoms with Crippen molar-refractivity contribution in [3.63, 3.8) is 0 Å². The molecule has 2 unspecified atom stereocenters. The number of rotatable bonds is 3. The average molecular weight is 273 g/mol. The fourth-order valence-corrected chi connectivity index (χ4v) is 2.86. The van der Waals surface area contributed by atoms with E-state index in [1.54, 1.807) is 0 Å². The van der Waals surface area contributed by atoms with E-state index in [-0.39, 0.29) is 11.9 Å². The first kappa shape index (κ1) is 14.8. The number of esters is 1. The second-order valence-electron chi connectivity index (χ2n) is 5.61. The van der Waals surface area contributed by atoms with Crippen LogP contribution in [0, 0.1) is 12.8 Å². The monoisotopic (exact) mass is 273 g/mol. The van der Waals surface area contributed by atoms with Crippen LogP contribution in [0.3, 0.4) is 0 Å². The summed E-state index contributed by atoms with van der Waals surface area (Å²) < 4.78 is 5.08. The van der Waals surface area contributed by atoms with Crippen LogP contribution in [0.2, 0.25) is 0 Å². The van der Waals surface area contributed by atoms with Gasteiger partial charge in [-0.1, -0.05) is 19.6 Å². The van der Waals surface area contributed by atoms with Crippen LogP contribution >= 0.6 is 0 Å². The van der Waals surface area contributed by atoms with E-state index in [0.717, 1.165) is 30.7 Å². The molecule has 0 bridgehead atoms. The summed E-state index contributed by atoms with van der Waals surface area (Å²) in [6.45, 7) is 10.4. The Morgan fingerprint density at radius 1 is 1.45 bits per heavy atom. The molecule has 1 aliphatic rings. The van der Waals surface area contributed by atoms with Crippen LogP contribution in [-0.2, 0) is 16.0 Å². The minimum absolute atomic E-state index is 0.145. The number of pyridine rings is 1. The molecule has 0 radical (unpaired) electrons. The normalized spacial score (nSPS) is 21.8. The Morgan fingerprint density at radius 3 is 2.90 bits per heavy atom. The fraction of sp³-hybridized carbons (Fsp3) is 0.529. The highest BCUT2D eigenvalue weighted by molar-refractivity contribution is 5.88. The standard InChI is InChI=1S/C17H23NO2/c1-5-20-17(19)13(4)14-8-6-11(2)15-9-7-12(3)18-16(15)10-14/h7,9,11,14H,4-6,8,10H2,1-3H3. The SMILES string of the molecule is C=C(C(=O)OCC)C1CCC(C)c2ccc(C)nc2C1. The van der Waals surface area contributed by atoms with E-state index in [1.807, 2.05) is 13.8 Å². The van der Waals surface area contributed by atoms with E-state index in [4.69, 9.17) is 4.74 Å². The topological polar surface area (TPSA) is 39.2 Å². The van der Waals surface area contributed by atoms with Crippen LogP contribution in [-0.4, -0.2) is 17.6 Å². The number of carbonyl (C=O) groups is 1. The number of hydrogen-bond donors (Lipinski definition) is 0. The van der Waals surface area contributed by atoms with Crippen molar-refractivity contribution in [2.75, 3.05) is 6.61 Å². The third-order valence-corrected chi connectivity index (χ3v) is 4.10. The maximum absolute atomic E-state index is 11.9. The lowest BCUT2D eigenvalue weighted by Crippen LogP contribution is -2.17. The summed E-state index contributed by atoms with van der Waals surface area (Å²) >= 11 is 0. The van der Waals surface area contributed by atoms with Gasteiger partial charge in [0.05, 0.1) is 6.61 Å². The van der Waals surface area contributed by atoms with Crippen molar-refractivity contribution in [1.29, 1.82) is 0 Å². The molecule has 3 heteroatoms. The van der Waals surface area contributed by atoms with Crippen molar-refractivity contribution < 1.29 is 9.53 Å². The molecule has 0 saturated carbocycles. The Labute approximate surface area is 121 Å². The summed E-state index contributed by atoms with van der Waals surface area (Å²) in [5.41, 5.74) is 4.05. The highest BCUT2D eigenvalue weighted by Gasteiger charge is 2.27. The molecular formula is C17H23NO2. The molecule has 0 amide bonds. The molecule has 108 valence electrons. The quantitative estimate of drug-likeness (QED) is 0.480. The molecule has 1 aliphatic carbocycles. The maximum atomic E-state index is 11.9. The first-order valence-electron chi connectivity index (χ1n) is 7.35. The average Bonchev–Trinajstić information content (AvgIpc) is 2.57. The van der Waals surface area contributed by atoms with Crippen molar-refractivity contribution >= 4 is 5.97 Å². The fourth-order valence-electron chi connectivity index (χ4n) is 2.86. The Bertz CT molecular complexity index is 522. The van der Waals surface area contributed by atoms with Crippen LogP contribution in [0.25, 0.3) is 0 Å². The van der Waals surface area contributed by atoms with Crippen molar-refractivity contribution in [2.24, 2.45) is 5.92 Å². The lowest BCUT2D eigenvalue weighted by Gasteiger charge is -2.16. The molecule has 0 fully saturated rings. The molecule has 0 saturated heterocycles. The van der Waals surface area contributed by atoms with Gasteiger partial charge in [-0.25, -0.2) is 4.79 Å². The molecule has 0 aromatic carbocycles. The summed E-state index contributed by atoms with van der Waals surface area (Å²) in [7, 11) is 0. The number of nitrogens with zero attached hydrogens (tertiary/aromatic N) is 1. The largest absolute Gasteiger partial charge is 0.463 e. The van der Waals surface area contributed by atoms with Crippen molar-refractivity contribution in [1.82, 2.24) is 4.98 Å². The molecule has 2 rings (SSSR count). The van der Waals surface area contributed by atoms with Gasteiger partial charge in [-0.2, -0.15) is 0 Å². The zero-order valence-corrected chi connectivity index (χ0v) is 12.6. The third kappa shape index (κ3) is 3.09. The van der Waals surface area contributed by atoms with Gasteiger partial charge in [-0.3, -0.25) is 4.98 Å². The van der Waals surface area contributed by atoms with E-state index >= 15 is 0 Å². The molecule has 2 atom stereocenters. The molecule has 1 aromatic heterocycles. The van der Waals surface area contributed by atoms with Gasteiger partial charge in [0.25, 0.3) is 0 Å². The number of aryl methyl sites for hydroxylation is 1. The van der Waals surface area contributed by atoms with Crippen LogP contribution < -0.4 is 0 Å². The third-order valence-electron chi connectivity index (χ3n) is 4.10. The Hall–Kier alpha value is -1.64. The molecule has 3 nitrogen and oxygen atoms in total. The molecule has 1 heterocycles. The van der Waals surface area contributed by atoms with Crippen molar-refractivity contribution in [2.45, 2.75) is 46.0 Å². The summed E-state index contributed by atoms with van der Waals surface area (Å²) in [6.07, 6.45) is 2.81. The predicted molar refractivity (Wildman–Crippen MR) is 79.6 cm³/mol. The van der Waals surface area contributed by atoms with Gasteiger partial charge in [0.15, 0.2) is 0 Å². The van der Waals surface area contributed by atoms with E-state index < -0.39 is 0 Å². The van der Waals surface area contributed by atoms with E-state index in [2.05, 4.69) is 30.6 Å². The van der Waals surface area contributed by atoms with Gasteiger partial charge in [0.1, 0.15) is 0 Å². The van der Waals surface area contributed by atoms with Gasteiger partial charge in [0, 0.05) is 17.0 Å². The smallest absolute Gasteiger partial charge is 0.333 e. The second kappa shape index (κ2) is 6.21. The van der Waals surface area contributed by atoms with E-state index in [1.165, 1.54) is 5.56 Å². The molecule has 0 aliphatic heterocycles. The van der Waals surface area contributed by atoms with E-state index in [9.17, 15) is 4.79 Å². The van der Waals surface area contributed by atoms with Gasteiger partial charge in [-0.05, 0) is 56.6 Å². The predicted octanol–water partition coefficient (Wildman–Crippen LogP) is 3.57. The lowest BCUT2D eigenvalue weighted by atomic mass is 9.91. The number of aromatic nitrogens is 1. The van der Waals surface area contributed by atoms with Crippen LogP contribution in [0.15, 0.2) is 24.3 Å².